The van der Waals surface area contributed by atoms with E-state index in [0.717, 1.165) is 16.2 Å². The van der Waals surface area contributed by atoms with Gasteiger partial charge in [0.05, 0.1) is 18.5 Å². The molecule has 0 aliphatic carbocycles. The lowest BCUT2D eigenvalue weighted by molar-refractivity contribution is -0.147. The molecule has 1 aromatic rings. The van der Waals surface area contributed by atoms with Crippen LogP contribution in [0.2, 0.25) is 0 Å². The van der Waals surface area contributed by atoms with Crippen molar-refractivity contribution in [1.82, 2.24) is 4.90 Å². The van der Waals surface area contributed by atoms with Crippen molar-refractivity contribution in [2.75, 3.05) is 25.0 Å². The molecular formula is C16H20N2O4. The van der Waals surface area contributed by atoms with Gasteiger partial charge in [0.1, 0.15) is 0 Å². The maximum absolute atomic E-state index is 11.9. The van der Waals surface area contributed by atoms with Gasteiger partial charge in [0.25, 0.3) is 0 Å². The summed E-state index contributed by atoms with van der Waals surface area (Å²) in [6.45, 7) is 3.55. The highest BCUT2D eigenvalue weighted by molar-refractivity contribution is 6.02. The molecule has 1 aromatic carbocycles. The molecule has 0 unspecified atom stereocenters. The Labute approximate surface area is 129 Å². The van der Waals surface area contributed by atoms with Gasteiger partial charge < -0.3 is 10.0 Å². The molecule has 1 fully saturated rings. The Balaban J connectivity index is 2.31. The molecule has 0 aromatic heterocycles. The van der Waals surface area contributed by atoms with Gasteiger partial charge in [-0.25, -0.2) is 0 Å². The largest absolute Gasteiger partial charge is 0.481 e. The molecule has 118 valence electrons. The fourth-order valence-electron chi connectivity index (χ4n) is 2.42. The number of carboxylic acid groups (broad SMARTS) is 1. The molecule has 0 atom stereocenters. The van der Waals surface area contributed by atoms with Crippen LogP contribution in [0.4, 0.5) is 5.69 Å². The minimum absolute atomic E-state index is 0.118. The molecule has 0 bridgehead atoms. The Morgan fingerprint density at radius 3 is 2.27 bits per heavy atom. The van der Waals surface area contributed by atoms with Gasteiger partial charge in [-0.3, -0.25) is 19.3 Å². The monoisotopic (exact) mass is 304 g/mol. The molecule has 6 heteroatoms. The van der Waals surface area contributed by atoms with Crippen LogP contribution in [-0.2, 0) is 20.8 Å². The summed E-state index contributed by atoms with van der Waals surface area (Å²) >= 11 is 0. The lowest BCUT2D eigenvalue weighted by Crippen LogP contribution is -2.52. The van der Waals surface area contributed by atoms with Crippen LogP contribution in [0.3, 0.4) is 0 Å². The summed E-state index contributed by atoms with van der Waals surface area (Å²) in [5.74, 6) is -1.40. The zero-order chi connectivity index (χ0) is 16.5. The molecule has 22 heavy (non-hydrogen) atoms. The lowest BCUT2D eigenvalue weighted by Gasteiger charge is -2.34. The number of imide groups is 1. The second kappa shape index (κ2) is 5.79. The second-order valence-corrected chi connectivity index (χ2v) is 6.20. The summed E-state index contributed by atoms with van der Waals surface area (Å²) < 4.78 is 0. The van der Waals surface area contributed by atoms with Crippen LogP contribution in [0.15, 0.2) is 24.3 Å². The number of rotatable bonds is 4. The van der Waals surface area contributed by atoms with Crippen LogP contribution in [0.5, 0.6) is 0 Å². The van der Waals surface area contributed by atoms with E-state index in [2.05, 4.69) is 0 Å². The van der Waals surface area contributed by atoms with Gasteiger partial charge in [0, 0.05) is 12.7 Å². The van der Waals surface area contributed by atoms with E-state index in [0.29, 0.717) is 6.42 Å². The minimum Gasteiger partial charge on any atom is -0.481 e. The number of nitrogens with zero attached hydrogens (tertiary/aromatic N) is 2. The van der Waals surface area contributed by atoms with Gasteiger partial charge in [-0.15, -0.1) is 0 Å². The molecule has 2 amide bonds. The number of aliphatic carboxylic acids is 1. The number of carboxylic acids is 1. The summed E-state index contributed by atoms with van der Waals surface area (Å²) in [5, 5.41) is 9.29. The highest BCUT2D eigenvalue weighted by Crippen LogP contribution is 2.29. The average Bonchev–Trinajstić information content (AvgIpc) is 2.44. The Hall–Kier alpha value is -2.37. The molecule has 1 saturated heterocycles. The van der Waals surface area contributed by atoms with E-state index in [1.807, 2.05) is 24.3 Å². The average molecular weight is 304 g/mol. The topological polar surface area (TPSA) is 77.9 Å². The number of para-hydroxylation sites is 1. The molecular weight excluding hydrogens is 284 g/mol. The Morgan fingerprint density at radius 2 is 1.73 bits per heavy atom. The second-order valence-electron chi connectivity index (χ2n) is 6.20. The van der Waals surface area contributed by atoms with Crippen molar-refractivity contribution in [3.63, 3.8) is 0 Å². The van der Waals surface area contributed by atoms with E-state index in [4.69, 9.17) is 0 Å². The van der Waals surface area contributed by atoms with Crippen molar-refractivity contribution >= 4 is 23.5 Å². The van der Waals surface area contributed by atoms with Gasteiger partial charge in [0.2, 0.25) is 11.8 Å². The Bertz CT molecular complexity index is 606. The van der Waals surface area contributed by atoms with Crippen LogP contribution < -0.4 is 4.90 Å². The van der Waals surface area contributed by atoms with E-state index in [1.54, 1.807) is 18.7 Å². The number of piperazine rings is 1. The normalized spacial score (nSPS) is 16.1. The number of likely N-dealkylation sites (N-methyl/N-ethyl adjacent to an activating group) is 1. The maximum atomic E-state index is 11.9. The van der Waals surface area contributed by atoms with E-state index in [9.17, 15) is 19.5 Å². The molecule has 1 aliphatic heterocycles. The number of carbonyl (C=O) groups excluding carboxylic acids is 2. The lowest BCUT2D eigenvalue weighted by atomic mass is 9.85. The van der Waals surface area contributed by atoms with Crippen LogP contribution in [0, 0.1) is 5.41 Å². The predicted molar refractivity (Wildman–Crippen MR) is 81.6 cm³/mol. The molecule has 2 rings (SSSR count). The first-order chi connectivity index (χ1) is 10.2. The SMILES string of the molecule is CN1C(=O)CN(c2ccccc2CC(C)(C)C(=O)O)CC1=O. The van der Waals surface area contributed by atoms with Crippen molar-refractivity contribution in [3.8, 4) is 0 Å². The van der Waals surface area contributed by atoms with Gasteiger partial charge in [-0.05, 0) is 31.9 Å². The van der Waals surface area contributed by atoms with Gasteiger partial charge in [-0.1, -0.05) is 18.2 Å². The zero-order valence-electron chi connectivity index (χ0n) is 13.0. The quantitative estimate of drug-likeness (QED) is 0.844. The van der Waals surface area contributed by atoms with Gasteiger partial charge in [0.15, 0.2) is 0 Å². The van der Waals surface area contributed by atoms with Crippen molar-refractivity contribution in [1.29, 1.82) is 0 Å². The van der Waals surface area contributed by atoms with Crippen molar-refractivity contribution < 1.29 is 19.5 Å². The van der Waals surface area contributed by atoms with Gasteiger partial charge >= 0.3 is 5.97 Å². The van der Waals surface area contributed by atoms with E-state index in [-0.39, 0.29) is 24.9 Å². The zero-order valence-corrected chi connectivity index (χ0v) is 13.0. The van der Waals surface area contributed by atoms with E-state index >= 15 is 0 Å². The molecule has 1 aliphatic rings. The summed E-state index contributed by atoms with van der Waals surface area (Å²) in [6.07, 6.45) is 0.327. The summed E-state index contributed by atoms with van der Waals surface area (Å²) in [4.78, 5) is 37.9. The first kappa shape index (κ1) is 16.0. The van der Waals surface area contributed by atoms with Gasteiger partial charge in [-0.2, -0.15) is 0 Å². The highest BCUT2D eigenvalue weighted by atomic mass is 16.4. The first-order valence-electron chi connectivity index (χ1n) is 7.08. The fourth-order valence-corrected chi connectivity index (χ4v) is 2.42. The third-order valence-electron chi connectivity index (χ3n) is 3.94. The fraction of sp³-hybridized carbons (Fsp3) is 0.438. The molecule has 6 nitrogen and oxygen atoms in total. The van der Waals surface area contributed by atoms with Crippen molar-refractivity contribution in [2.45, 2.75) is 20.3 Å². The smallest absolute Gasteiger partial charge is 0.309 e. The van der Waals surface area contributed by atoms with Crippen LogP contribution in [0.25, 0.3) is 0 Å². The van der Waals surface area contributed by atoms with E-state index < -0.39 is 11.4 Å². The first-order valence-corrected chi connectivity index (χ1v) is 7.08. The molecule has 0 saturated carbocycles. The number of anilines is 1. The Morgan fingerprint density at radius 1 is 1.18 bits per heavy atom. The molecule has 1 N–H and O–H groups in total. The standard InChI is InChI=1S/C16H20N2O4/c1-16(2,15(21)22)8-11-6-4-5-7-12(11)18-9-13(19)17(3)14(20)10-18/h4-7H,8-10H2,1-3H3,(H,21,22). The van der Waals surface area contributed by atoms with Crippen LogP contribution >= 0.6 is 0 Å². The predicted octanol–water partition coefficient (Wildman–Crippen LogP) is 1.14. The molecule has 0 spiro atoms. The number of hydrogen-bond donors (Lipinski definition) is 1. The molecule has 1 heterocycles. The Kier molecular flexibility index (Phi) is 4.21. The van der Waals surface area contributed by atoms with Crippen molar-refractivity contribution in [2.24, 2.45) is 5.41 Å². The number of carbonyl (C=O) groups is 3. The number of amides is 2. The van der Waals surface area contributed by atoms with Crippen LogP contribution in [0.1, 0.15) is 19.4 Å². The number of hydrogen-bond acceptors (Lipinski definition) is 4. The van der Waals surface area contributed by atoms with Crippen molar-refractivity contribution in [3.05, 3.63) is 29.8 Å². The summed E-state index contributed by atoms with van der Waals surface area (Å²) in [6, 6.07) is 7.31. The minimum atomic E-state index is -0.920. The summed E-state index contributed by atoms with van der Waals surface area (Å²) in [7, 11) is 1.47. The third kappa shape index (κ3) is 3.10. The third-order valence-corrected chi connectivity index (χ3v) is 3.94. The summed E-state index contributed by atoms with van der Waals surface area (Å²) in [5.41, 5.74) is 0.642. The molecule has 0 radical (unpaired) electrons. The van der Waals surface area contributed by atoms with Crippen LogP contribution in [-0.4, -0.2) is 47.9 Å². The van der Waals surface area contributed by atoms with E-state index in [1.165, 1.54) is 7.05 Å². The maximum Gasteiger partial charge on any atom is 0.309 e. The number of benzene rings is 1. The highest BCUT2D eigenvalue weighted by Gasteiger charge is 2.32.